The molecule has 1 amide bonds. The minimum Gasteiger partial charge on any atom is -0.355 e. The van der Waals surface area contributed by atoms with Crippen LogP contribution in [0.5, 0.6) is 0 Å². The number of aryl methyl sites for hydroxylation is 1. The quantitative estimate of drug-likeness (QED) is 0.489. The van der Waals surface area contributed by atoms with Crippen LogP contribution in [0.1, 0.15) is 11.1 Å². The van der Waals surface area contributed by atoms with Gasteiger partial charge in [-0.1, -0.05) is 41.6 Å². The molecule has 0 radical (unpaired) electrons. The Morgan fingerprint density at radius 3 is 2.81 bits per heavy atom. The van der Waals surface area contributed by atoms with Crippen LogP contribution in [0, 0.1) is 12.7 Å². The van der Waals surface area contributed by atoms with Gasteiger partial charge < -0.3 is 10.3 Å². The molecule has 0 unspecified atom stereocenters. The molecule has 6 heteroatoms. The third-order valence-electron chi connectivity index (χ3n) is 3.82. The fourth-order valence-electron chi connectivity index (χ4n) is 2.56. The largest absolute Gasteiger partial charge is 0.355 e. The van der Waals surface area contributed by atoms with Gasteiger partial charge in [-0.05, 0) is 42.3 Å². The van der Waals surface area contributed by atoms with E-state index in [1.165, 1.54) is 23.9 Å². The van der Waals surface area contributed by atoms with Gasteiger partial charge in [0.15, 0.2) is 5.16 Å². The highest BCUT2D eigenvalue weighted by Gasteiger charge is 2.06. The van der Waals surface area contributed by atoms with Gasteiger partial charge in [-0.3, -0.25) is 4.79 Å². The second kappa shape index (κ2) is 8.67. The zero-order valence-corrected chi connectivity index (χ0v) is 15.3. The number of hydrogen-bond acceptors (Lipinski definition) is 3. The van der Waals surface area contributed by atoms with E-state index in [-0.39, 0.29) is 11.7 Å². The van der Waals surface area contributed by atoms with Crippen molar-refractivity contribution in [1.82, 2.24) is 15.3 Å². The number of benzene rings is 2. The van der Waals surface area contributed by atoms with E-state index in [4.69, 9.17) is 0 Å². The van der Waals surface area contributed by atoms with Crippen LogP contribution in [-0.2, 0) is 11.2 Å². The maximum atomic E-state index is 13.0. The summed E-state index contributed by atoms with van der Waals surface area (Å²) in [7, 11) is 0. The summed E-state index contributed by atoms with van der Waals surface area (Å²) in [5.41, 5.74) is 3.90. The van der Waals surface area contributed by atoms with Gasteiger partial charge in [0.25, 0.3) is 0 Å². The van der Waals surface area contributed by atoms with Crippen LogP contribution < -0.4 is 5.32 Å². The standard InChI is InChI=1S/C20H20FN3OS/c1-14-3-2-4-15(11-14)12-19(25)22-9-10-26-20-23-13-18(24-20)16-5-7-17(21)8-6-16/h2-8,11,13H,9-10,12H2,1H3,(H,22,25)(H,23,24). The first-order valence-electron chi connectivity index (χ1n) is 8.36. The van der Waals surface area contributed by atoms with Gasteiger partial charge in [0.2, 0.25) is 5.91 Å². The van der Waals surface area contributed by atoms with Crippen molar-refractivity contribution in [1.29, 1.82) is 0 Å². The van der Waals surface area contributed by atoms with E-state index in [0.29, 0.717) is 13.0 Å². The average Bonchev–Trinajstić information content (AvgIpc) is 3.08. The second-order valence-electron chi connectivity index (χ2n) is 5.97. The molecular formula is C20H20FN3OS. The Bertz CT molecular complexity index is 877. The summed E-state index contributed by atoms with van der Waals surface area (Å²) in [6, 6.07) is 14.2. The molecular weight excluding hydrogens is 349 g/mol. The maximum absolute atomic E-state index is 13.0. The van der Waals surface area contributed by atoms with E-state index in [1.807, 2.05) is 31.2 Å². The van der Waals surface area contributed by atoms with Crippen LogP contribution in [0.25, 0.3) is 11.3 Å². The van der Waals surface area contributed by atoms with Crippen LogP contribution in [0.4, 0.5) is 4.39 Å². The molecule has 0 aliphatic heterocycles. The van der Waals surface area contributed by atoms with Crippen molar-refractivity contribution in [3.63, 3.8) is 0 Å². The molecule has 3 rings (SSSR count). The first-order chi connectivity index (χ1) is 12.6. The molecule has 4 nitrogen and oxygen atoms in total. The molecule has 0 aliphatic carbocycles. The molecule has 0 spiro atoms. The number of aromatic amines is 1. The number of H-pyrrole nitrogens is 1. The lowest BCUT2D eigenvalue weighted by molar-refractivity contribution is -0.120. The Hall–Kier alpha value is -2.60. The summed E-state index contributed by atoms with van der Waals surface area (Å²) in [5.74, 6) is 0.475. The van der Waals surface area contributed by atoms with E-state index < -0.39 is 0 Å². The molecule has 2 aromatic carbocycles. The number of hydrogen-bond donors (Lipinski definition) is 2. The first kappa shape index (κ1) is 18.2. The Balaban J connectivity index is 1.42. The lowest BCUT2D eigenvalue weighted by Gasteiger charge is -2.05. The van der Waals surface area contributed by atoms with Gasteiger partial charge in [-0.15, -0.1) is 0 Å². The van der Waals surface area contributed by atoms with Crippen molar-refractivity contribution in [3.8, 4) is 11.3 Å². The number of thioether (sulfide) groups is 1. The Morgan fingerprint density at radius 1 is 1.23 bits per heavy atom. The number of nitrogens with zero attached hydrogens (tertiary/aromatic N) is 1. The highest BCUT2D eigenvalue weighted by atomic mass is 32.2. The number of aromatic nitrogens is 2. The molecule has 26 heavy (non-hydrogen) atoms. The number of amides is 1. The molecule has 0 bridgehead atoms. The van der Waals surface area contributed by atoms with Crippen molar-refractivity contribution in [2.75, 3.05) is 12.3 Å². The van der Waals surface area contributed by atoms with E-state index in [0.717, 1.165) is 33.3 Å². The topological polar surface area (TPSA) is 57.8 Å². The van der Waals surface area contributed by atoms with Crippen molar-refractivity contribution in [2.45, 2.75) is 18.5 Å². The molecule has 1 aromatic heterocycles. The smallest absolute Gasteiger partial charge is 0.224 e. The predicted octanol–water partition coefficient (Wildman–Crippen LogP) is 3.98. The summed E-state index contributed by atoms with van der Waals surface area (Å²) < 4.78 is 13.0. The Labute approximate surface area is 156 Å². The van der Waals surface area contributed by atoms with E-state index >= 15 is 0 Å². The fraction of sp³-hybridized carbons (Fsp3) is 0.200. The lowest BCUT2D eigenvalue weighted by Crippen LogP contribution is -2.27. The highest BCUT2D eigenvalue weighted by molar-refractivity contribution is 7.99. The van der Waals surface area contributed by atoms with Gasteiger partial charge in [-0.25, -0.2) is 9.37 Å². The molecule has 0 atom stereocenters. The van der Waals surface area contributed by atoms with Crippen molar-refractivity contribution in [3.05, 3.63) is 71.7 Å². The monoisotopic (exact) mass is 369 g/mol. The zero-order valence-electron chi connectivity index (χ0n) is 14.5. The number of nitrogens with one attached hydrogen (secondary N) is 2. The normalized spacial score (nSPS) is 10.7. The number of halogens is 1. The Morgan fingerprint density at radius 2 is 2.04 bits per heavy atom. The molecule has 0 saturated carbocycles. The summed E-state index contributed by atoms with van der Waals surface area (Å²) >= 11 is 1.53. The van der Waals surface area contributed by atoms with E-state index in [2.05, 4.69) is 15.3 Å². The van der Waals surface area contributed by atoms with Crippen LogP contribution in [0.3, 0.4) is 0 Å². The maximum Gasteiger partial charge on any atom is 0.224 e. The van der Waals surface area contributed by atoms with Gasteiger partial charge in [-0.2, -0.15) is 0 Å². The van der Waals surface area contributed by atoms with Crippen molar-refractivity contribution >= 4 is 17.7 Å². The van der Waals surface area contributed by atoms with Gasteiger partial charge in [0, 0.05) is 12.3 Å². The van der Waals surface area contributed by atoms with Crippen LogP contribution >= 0.6 is 11.8 Å². The first-order valence-corrected chi connectivity index (χ1v) is 9.35. The van der Waals surface area contributed by atoms with E-state index in [1.54, 1.807) is 18.3 Å². The third-order valence-corrected chi connectivity index (χ3v) is 4.71. The average molecular weight is 369 g/mol. The second-order valence-corrected chi connectivity index (χ2v) is 7.06. The molecule has 3 aromatic rings. The minimum atomic E-state index is -0.260. The van der Waals surface area contributed by atoms with Crippen molar-refractivity contribution in [2.24, 2.45) is 0 Å². The van der Waals surface area contributed by atoms with Crippen molar-refractivity contribution < 1.29 is 9.18 Å². The molecule has 0 aliphatic rings. The number of carbonyl (C=O) groups excluding carboxylic acids is 1. The fourth-order valence-corrected chi connectivity index (χ4v) is 3.27. The molecule has 0 fully saturated rings. The van der Waals surface area contributed by atoms with Gasteiger partial charge in [0.05, 0.1) is 18.3 Å². The van der Waals surface area contributed by atoms with Gasteiger partial charge >= 0.3 is 0 Å². The van der Waals surface area contributed by atoms with Crippen LogP contribution in [0.2, 0.25) is 0 Å². The van der Waals surface area contributed by atoms with Crippen LogP contribution in [-0.4, -0.2) is 28.2 Å². The summed E-state index contributed by atoms with van der Waals surface area (Å²) in [5, 5.41) is 3.70. The third kappa shape index (κ3) is 5.20. The summed E-state index contributed by atoms with van der Waals surface area (Å²) in [6.45, 7) is 2.59. The molecule has 1 heterocycles. The zero-order chi connectivity index (χ0) is 18.4. The summed E-state index contributed by atoms with van der Waals surface area (Å²) in [4.78, 5) is 19.5. The molecule has 134 valence electrons. The molecule has 0 saturated heterocycles. The Kier molecular flexibility index (Phi) is 6.07. The molecule has 2 N–H and O–H groups in total. The number of imidazole rings is 1. The number of rotatable bonds is 7. The number of carbonyl (C=O) groups is 1. The van der Waals surface area contributed by atoms with Crippen LogP contribution in [0.15, 0.2) is 59.9 Å². The lowest BCUT2D eigenvalue weighted by atomic mass is 10.1. The highest BCUT2D eigenvalue weighted by Crippen LogP contribution is 2.21. The minimum absolute atomic E-state index is 0.0163. The van der Waals surface area contributed by atoms with Gasteiger partial charge in [0.1, 0.15) is 5.82 Å². The predicted molar refractivity (Wildman–Crippen MR) is 103 cm³/mol. The SMILES string of the molecule is Cc1cccc(CC(=O)NCCSc2ncc(-c3ccc(F)cc3)[nH]2)c1. The van der Waals surface area contributed by atoms with E-state index in [9.17, 15) is 9.18 Å². The summed E-state index contributed by atoms with van der Waals surface area (Å²) in [6.07, 6.45) is 2.12.